The Kier molecular flexibility index (Phi) is 3.10. The predicted octanol–water partition coefficient (Wildman–Crippen LogP) is 3.10. The van der Waals surface area contributed by atoms with Crippen LogP contribution in [0.1, 0.15) is 25.6 Å². The van der Waals surface area contributed by atoms with Gasteiger partial charge in [0.1, 0.15) is 17.0 Å². The maximum atomic E-state index is 4.40. The zero-order valence-electron chi connectivity index (χ0n) is 10.2. The molecule has 3 nitrogen and oxygen atoms in total. The minimum absolute atomic E-state index is 0.447. The molecule has 0 aliphatic carbocycles. The fourth-order valence-electron chi connectivity index (χ4n) is 1.59. The Morgan fingerprint density at radius 3 is 2.75 bits per heavy atom. The lowest BCUT2D eigenvalue weighted by atomic mass is 10.2. The summed E-state index contributed by atoms with van der Waals surface area (Å²) in [6.07, 6.45) is 2.72. The molecule has 2 heterocycles. The zero-order chi connectivity index (χ0) is 11.7. The van der Waals surface area contributed by atoms with E-state index in [4.69, 9.17) is 0 Å². The molecule has 0 saturated heterocycles. The van der Waals surface area contributed by atoms with E-state index in [1.165, 1.54) is 10.3 Å². The molecule has 0 spiro atoms. The van der Waals surface area contributed by atoms with Crippen LogP contribution in [-0.4, -0.2) is 23.1 Å². The van der Waals surface area contributed by atoms with Crippen molar-refractivity contribution in [1.82, 2.24) is 9.97 Å². The molecule has 0 unspecified atom stereocenters. The van der Waals surface area contributed by atoms with Crippen LogP contribution in [0.5, 0.6) is 0 Å². The fraction of sp³-hybridized carbons (Fsp3) is 0.500. The second kappa shape index (κ2) is 4.37. The lowest BCUT2D eigenvalue weighted by Gasteiger charge is -2.22. The number of rotatable bonds is 3. The molecule has 4 heteroatoms. The number of hydrogen-bond acceptors (Lipinski definition) is 4. The van der Waals surface area contributed by atoms with Crippen LogP contribution < -0.4 is 4.90 Å². The first kappa shape index (κ1) is 11.3. The Hall–Kier alpha value is -1.16. The lowest BCUT2D eigenvalue weighted by molar-refractivity contribution is 0.745. The van der Waals surface area contributed by atoms with Crippen LogP contribution in [0.2, 0.25) is 0 Å². The summed E-state index contributed by atoms with van der Waals surface area (Å²) >= 11 is 1.76. The van der Waals surface area contributed by atoms with E-state index < -0.39 is 0 Å². The molecule has 86 valence electrons. The molecule has 0 aliphatic rings. The quantitative estimate of drug-likeness (QED) is 0.818. The highest BCUT2D eigenvalue weighted by molar-refractivity contribution is 7.18. The molecule has 0 aromatic carbocycles. The molecule has 0 bridgehead atoms. The fourth-order valence-corrected chi connectivity index (χ4v) is 2.52. The second-order valence-electron chi connectivity index (χ2n) is 4.19. The van der Waals surface area contributed by atoms with Crippen molar-refractivity contribution in [2.24, 2.45) is 0 Å². The van der Waals surface area contributed by atoms with Gasteiger partial charge in [-0.15, -0.1) is 11.3 Å². The SMILES string of the molecule is CCc1cc2c(N(C)C(C)C)ncnc2s1. The Bertz CT molecular complexity index is 490. The highest BCUT2D eigenvalue weighted by Crippen LogP contribution is 2.30. The molecule has 2 aromatic rings. The van der Waals surface area contributed by atoms with Gasteiger partial charge in [-0.05, 0) is 26.3 Å². The van der Waals surface area contributed by atoms with Crippen molar-refractivity contribution in [3.05, 3.63) is 17.3 Å². The van der Waals surface area contributed by atoms with Crippen molar-refractivity contribution in [3.8, 4) is 0 Å². The number of thiophene rings is 1. The van der Waals surface area contributed by atoms with Gasteiger partial charge in [-0.2, -0.15) is 0 Å². The summed E-state index contributed by atoms with van der Waals surface area (Å²) in [7, 11) is 2.08. The van der Waals surface area contributed by atoms with Crippen molar-refractivity contribution >= 4 is 27.4 Å². The Balaban J connectivity index is 2.56. The summed E-state index contributed by atoms with van der Waals surface area (Å²) in [6, 6.07) is 2.66. The van der Waals surface area contributed by atoms with E-state index >= 15 is 0 Å². The Labute approximate surface area is 100 Å². The third-order valence-corrected chi connectivity index (χ3v) is 4.00. The van der Waals surface area contributed by atoms with Gasteiger partial charge in [0.05, 0.1) is 5.39 Å². The van der Waals surface area contributed by atoms with Crippen molar-refractivity contribution in [2.45, 2.75) is 33.2 Å². The summed E-state index contributed by atoms with van der Waals surface area (Å²) < 4.78 is 0. The highest BCUT2D eigenvalue weighted by Gasteiger charge is 2.13. The van der Waals surface area contributed by atoms with Gasteiger partial charge < -0.3 is 4.90 Å². The first-order chi connectivity index (χ1) is 7.63. The maximum absolute atomic E-state index is 4.40. The number of aromatic nitrogens is 2. The van der Waals surface area contributed by atoms with E-state index in [0.29, 0.717) is 6.04 Å². The van der Waals surface area contributed by atoms with Gasteiger partial charge in [0, 0.05) is 18.0 Å². The highest BCUT2D eigenvalue weighted by atomic mass is 32.1. The van der Waals surface area contributed by atoms with E-state index in [1.54, 1.807) is 17.7 Å². The first-order valence-electron chi connectivity index (χ1n) is 5.59. The van der Waals surface area contributed by atoms with Crippen molar-refractivity contribution in [2.75, 3.05) is 11.9 Å². The van der Waals surface area contributed by atoms with Gasteiger partial charge in [0.2, 0.25) is 0 Å². The van der Waals surface area contributed by atoms with Gasteiger partial charge in [-0.25, -0.2) is 9.97 Å². The number of nitrogens with zero attached hydrogens (tertiary/aromatic N) is 3. The van der Waals surface area contributed by atoms with Crippen LogP contribution in [0.4, 0.5) is 5.82 Å². The second-order valence-corrected chi connectivity index (χ2v) is 5.30. The zero-order valence-corrected chi connectivity index (χ0v) is 11.0. The lowest BCUT2D eigenvalue weighted by Crippen LogP contribution is -2.26. The van der Waals surface area contributed by atoms with Crippen molar-refractivity contribution < 1.29 is 0 Å². The van der Waals surface area contributed by atoms with Crippen LogP contribution in [0.15, 0.2) is 12.4 Å². The molecule has 0 atom stereocenters. The minimum Gasteiger partial charge on any atom is -0.357 e. The van der Waals surface area contributed by atoms with Gasteiger partial charge >= 0.3 is 0 Å². The van der Waals surface area contributed by atoms with Crippen LogP contribution in [0.3, 0.4) is 0 Å². The first-order valence-corrected chi connectivity index (χ1v) is 6.41. The van der Waals surface area contributed by atoms with E-state index in [0.717, 1.165) is 17.1 Å². The average molecular weight is 235 g/mol. The van der Waals surface area contributed by atoms with Crippen LogP contribution in [0, 0.1) is 0 Å². The van der Waals surface area contributed by atoms with Gasteiger partial charge in [-0.3, -0.25) is 0 Å². The summed E-state index contributed by atoms with van der Waals surface area (Å²) in [5, 5.41) is 1.18. The Morgan fingerprint density at radius 1 is 1.38 bits per heavy atom. The normalized spacial score (nSPS) is 11.3. The van der Waals surface area contributed by atoms with Crippen molar-refractivity contribution in [3.63, 3.8) is 0 Å². The smallest absolute Gasteiger partial charge is 0.140 e. The largest absolute Gasteiger partial charge is 0.357 e. The monoisotopic (exact) mass is 235 g/mol. The standard InChI is InChI=1S/C12H17N3S/c1-5-9-6-10-11(15(4)8(2)3)13-7-14-12(10)16-9/h6-8H,5H2,1-4H3. The van der Waals surface area contributed by atoms with Gasteiger partial charge in [0.15, 0.2) is 0 Å². The molecular weight excluding hydrogens is 218 g/mol. The summed E-state index contributed by atoms with van der Waals surface area (Å²) in [5.41, 5.74) is 0. The third kappa shape index (κ3) is 1.89. The molecule has 0 radical (unpaired) electrons. The van der Waals surface area contributed by atoms with E-state index in [1.807, 2.05) is 0 Å². The van der Waals surface area contributed by atoms with Crippen molar-refractivity contribution in [1.29, 1.82) is 0 Å². The summed E-state index contributed by atoms with van der Waals surface area (Å²) in [4.78, 5) is 13.4. The van der Waals surface area contributed by atoms with E-state index in [9.17, 15) is 0 Å². The maximum Gasteiger partial charge on any atom is 0.140 e. The number of aryl methyl sites for hydroxylation is 1. The molecule has 0 amide bonds. The topological polar surface area (TPSA) is 29.0 Å². The predicted molar refractivity (Wildman–Crippen MR) is 70.3 cm³/mol. The van der Waals surface area contributed by atoms with Gasteiger partial charge in [-0.1, -0.05) is 6.92 Å². The number of fused-ring (bicyclic) bond motifs is 1. The van der Waals surface area contributed by atoms with Crippen LogP contribution in [0.25, 0.3) is 10.2 Å². The molecule has 2 rings (SSSR count). The molecule has 0 N–H and O–H groups in total. The summed E-state index contributed by atoms with van der Waals surface area (Å²) in [5.74, 6) is 1.04. The van der Waals surface area contributed by atoms with E-state index in [-0.39, 0.29) is 0 Å². The molecule has 2 aromatic heterocycles. The third-order valence-electron chi connectivity index (χ3n) is 2.82. The van der Waals surface area contributed by atoms with Crippen LogP contribution >= 0.6 is 11.3 Å². The van der Waals surface area contributed by atoms with Gasteiger partial charge in [0.25, 0.3) is 0 Å². The molecule has 0 aliphatic heterocycles. The average Bonchev–Trinajstić information content (AvgIpc) is 2.70. The Morgan fingerprint density at radius 2 is 2.12 bits per heavy atom. The molecular formula is C12H17N3S. The number of anilines is 1. The minimum atomic E-state index is 0.447. The number of hydrogen-bond donors (Lipinski definition) is 0. The molecule has 0 saturated carbocycles. The summed E-state index contributed by atoms with van der Waals surface area (Å²) in [6.45, 7) is 6.51. The van der Waals surface area contributed by atoms with E-state index in [2.05, 4.69) is 48.8 Å². The molecule has 16 heavy (non-hydrogen) atoms. The molecule has 0 fully saturated rings. The van der Waals surface area contributed by atoms with Crippen LogP contribution in [-0.2, 0) is 6.42 Å².